The second-order valence-corrected chi connectivity index (χ2v) is 5.29. The van der Waals surface area contributed by atoms with Crippen LogP contribution in [0.2, 0.25) is 0 Å². The highest BCUT2D eigenvalue weighted by Crippen LogP contribution is 2.27. The molecule has 96 valence electrons. The first kappa shape index (κ1) is 12.9. The number of hydrogen-bond donors (Lipinski definition) is 1. The average molecular weight is 268 g/mol. The van der Waals surface area contributed by atoms with Crippen LogP contribution in [0.15, 0.2) is 29.2 Å². The quantitative estimate of drug-likeness (QED) is 0.851. The lowest BCUT2D eigenvalue weighted by molar-refractivity contribution is -0.126. The minimum absolute atomic E-state index is 0.293. The van der Waals surface area contributed by atoms with E-state index in [-0.39, 0.29) is 17.8 Å². The number of carbonyl (C=O) groups is 2. The molecule has 1 aliphatic rings. The molecule has 1 fully saturated rings. The Labute approximate surface area is 109 Å². The lowest BCUT2D eigenvalue weighted by atomic mass is 10.3. The van der Waals surface area contributed by atoms with Crippen LogP contribution >= 0.6 is 11.8 Å². The van der Waals surface area contributed by atoms with Gasteiger partial charge in [0.05, 0.1) is 5.25 Å². The summed E-state index contributed by atoms with van der Waals surface area (Å²) in [6.45, 7) is 2.52. The van der Waals surface area contributed by atoms with Gasteiger partial charge in [-0.1, -0.05) is 12.1 Å². The largest absolute Gasteiger partial charge is 0.336 e. The van der Waals surface area contributed by atoms with Crippen molar-refractivity contribution in [2.24, 2.45) is 0 Å². The van der Waals surface area contributed by atoms with Crippen molar-refractivity contribution in [3.63, 3.8) is 0 Å². The smallest absolute Gasteiger partial charge is 0.324 e. The number of rotatable bonds is 3. The molecule has 3 amide bonds. The van der Waals surface area contributed by atoms with Crippen molar-refractivity contribution in [1.82, 2.24) is 10.2 Å². The van der Waals surface area contributed by atoms with E-state index in [1.54, 1.807) is 25.1 Å². The maximum atomic E-state index is 13.4. The number of nitrogens with zero attached hydrogens (tertiary/aromatic N) is 1. The third-order valence-corrected chi connectivity index (χ3v) is 3.75. The average Bonchev–Trinajstić information content (AvgIpc) is 2.77. The summed E-state index contributed by atoms with van der Waals surface area (Å²) < 4.78 is 13.4. The number of urea groups is 1. The molecule has 6 heteroatoms. The molecule has 1 saturated heterocycles. The van der Waals surface area contributed by atoms with E-state index in [1.165, 1.54) is 11.0 Å². The first-order valence-electron chi connectivity index (χ1n) is 5.60. The first-order chi connectivity index (χ1) is 8.59. The van der Waals surface area contributed by atoms with Gasteiger partial charge in [-0.05, 0) is 19.1 Å². The highest BCUT2D eigenvalue weighted by molar-refractivity contribution is 8.00. The Bertz CT molecular complexity index is 481. The van der Waals surface area contributed by atoms with Crippen molar-refractivity contribution in [2.45, 2.75) is 17.1 Å². The third kappa shape index (κ3) is 2.64. The van der Waals surface area contributed by atoms with Gasteiger partial charge in [0.1, 0.15) is 5.82 Å². The van der Waals surface area contributed by atoms with Crippen molar-refractivity contribution in [1.29, 1.82) is 0 Å². The topological polar surface area (TPSA) is 49.4 Å². The molecule has 2 rings (SSSR count). The molecular formula is C12H13FN2O2S. The van der Waals surface area contributed by atoms with Crippen LogP contribution < -0.4 is 5.32 Å². The fourth-order valence-electron chi connectivity index (χ4n) is 1.68. The van der Waals surface area contributed by atoms with Crippen molar-refractivity contribution in [2.75, 3.05) is 13.1 Å². The summed E-state index contributed by atoms with van der Waals surface area (Å²) in [7, 11) is 0. The van der Waals surface area contributed by atoms with Crippen LogP contribution in [0.25, 0.3) is 0 Å². The van der Waals surface area contributed by atoms with Gasteiger partial charge in [-0.15, -0.1) is 11.8 Å². The molecule has 4 nitrogen and oxygen atoms in total. The normalized spacial score (nSPS) is 16.6. The Hall–Kier alpha value is -1.56. The van der Waals surface area contributed by atoms with Gasteiger partial charge >= 0.3 is 6.03 Å². The van der Waals surface area contributed by atoms with E-state index >= 15 is 0 Å². The molecule has 1 aromatic carbocycles. The van der Waals surface area contributed by atoms with Crippen molar-refractivity contribution in [3.8, 4) is 0 Å². The van der Waals surface area contributed by atoms with Crippen LogP contribution in [0, 0.1) is 5.82 Å². The number of nitrogens with one attached hydrogen (secondary N) is 1. The van der Waals surface area contributed by atoms with E-state index in [1.807, 2.05) is 0 Å². The number of amides is 3. The lowest BCUT2D eigenvalue weighted by Gasteiger charge is -2.17. The summed E-state index contributed by atoms with van der Waals surface area (Å²) in [6.07, 6.45) is 0. The number of carbonyl (C=O) groups excluding carboxylic acids is 2. The Morgan fingerprint density at radius 3 is 2.83 bits per heavy atom. The van der Waals surface area contributed by atoms with Gasteiger partial charge in [-0.25, -0.2) is 9.18 Å². The molecule has 1 heterocycles. The molecule has 1 unspecified atom stereocenters. The molecule has 1 aliphatic heterocycles. The third-order valence-electron chi connectivity index (χ3n) is 2.61. The number of benzene rings is 1. The zero-order chi connectivity index (χ0) is 13.1. The molecule has 0 aromatic heterocycles. The summed E-state index contributed by atoms with van der Waals surface area (Å²) in [5.74, 6) is -0.647. The first-order valence-corrected chi connectivity index (χ1v) is 6.48. The van der Waals surface area contributed by atoms with E-state index in [0.29, 0.717) is 18.0 Å². The Kier molecular flexibility index (Phi) is 3.86. The van der Waals surface area contributed by atoms with E-state index < -0.39 is 5.25 Å². The van der Waals surface area contributed by atoms with Crippen molar-refractivity contribution in [3.05, 3.63) is 30.1 Å². The van der Waals surface area contributed by atoms with E-state index in [4.69, 9.17) is 0 Å². The molecule has 18 heavy (non-hydrogen) atoms. The molecule has 0 bridgehead atoms. The second-order valence-electron chi connectivity index (χ2n) is 3.91. The number of imide groups is 1. The zero-order valence-corrected chi connectivity index (χ0v) is 10.7. The molecule has 1 atom stereocenters. The molecule has 1 N–H and O–H groups in total. The summed E-state index contributed by atoms with van der Waals surface area (Å²) >= 11 is 1.12. The van der Waals surface area contributed by atoms with E-state index in [0.717, 1.165) is 11.8 Å². The molecule has 0 spiro atoms. The van der Waals surface area contributed by atoms with Crippen LogP contribution in [-0.2, 0) is 4.79 Å². The van der Waals surface area contributed by atoms with Crippen LogP contribution in [0.1, 0.15) is 6.92 Å². The number of hydrogen-bond acceptors (Lipinski definition) is 3. The Morgan fingerprint density at radius 2 is 2.22 bits per heavy atom. The molecule has 0 saturated carbocycles. The Balaban J connectivity index is 2.04. The zero-order valence-electron chi connectivity index (χ0n) is 9.85. The van der Waals surface area contributed by atoms with Gasteiger partial charge in [0, 0.05) is 18.0 Å². The van der Waals surface area contributed by atoms with Gasteiger partial charge in [0.25, 0.3) is 0 Å². The summed E-state index contributed by atoms with van der Waals surface area (Å²) in [5.41, 5.74) is 0. The predicted octanol–water partition coefficient (Wildman–Crippen LogP) is 1.86. The van der Waals surface area contributed by atoms with Crippen LogP contribution in [0.4, 0.5) is 9.18 Å². The monoisotopic (exact) mass is 268 g/mol. The molecule has 0 radical (unpaired) electrons. The Morgan fingerprint density at radius 1 is 1.50 bits per heavy atom. The predicted molar refractivity (Wildman–Crippen MR) is 66.8 cm³/mol. The highest BCUT2D eigenvalue weighted by Gasteiger charge is 2.30. The fraction of sp³-hybridized carbons (Fsp3) is 0.333. The standard InChI is InChI=1S/C12H13FN2O2S/c1-8(11(16)15-7-6-14-12(15)17)18-10-5-3-2-4-9(10)13/h2-5,8H,6-7H2,1H3,(H,14,17). The van der Waals surface area contributed by atoms with E-state index in [2.05, 4.69) is 5.32 Å². The van der Waals surface area contributed by atoms with Crippen molar-refractivity contribution < 1.29 is 14.0 Å². The van der Waals surface area contributed by atoms with Gasteiger partial charge in [-0.3, -0.25) is 9.69 Å². The maximum Gasteiger partial charge on any atom is 0.324 e. The van der Waals surface area contributed by atoms with Crippen LogP contribution in [0.5, 0.6) is 0 Å². The van der Waals surface area contributed by atoms with Crippen LogP contribution in [-0.4, -0.2) is 35.2 Å². The van der Waals surface area contributed by atoms with Gasteiger partial charge in [0.2, 0.25) is 5.91 Å². The van der Waals surface area contributed by atoms with E-state index in [9.17, 15) is 14.0 Å². The summed E-state index contributed by atoms with van der Waals surface area (Å²) in [6, 6.07) is 5.90. The molecular weight excluding hydrogens is 255 g/mol. The SMILES string of the molecule is CC(Sc1ccccc1F)C(=O)N1CCNC1=O. The second kappa shape index (κ2) is 5.39. The number of halogens is 1. The fourth-order valence-corrected chi connectivity index (χ4v) is 2.63. The van der Waals surface area contributed by atoms with Gasteiger partial charge < -0.3 is 5.32 Å². The van der Waals surface area contributed by atoms with Crippen LogP contribution in [0.3, 0.4) is 0 Å². The lowest BCUT2D eigenvalue weighted by Crippen LogP contribution is -2.38. The molecule has 0 aliphatic carbocycles. The molecule has 1 aromatic rings. The van der Waals surface area contributed by atoms with Gasteiger partial charge in [-0.2, -0.15) is 0 Å². The minimum atomic E-state index is -0.495. The van der Waals surface area contributed by atoms with Gasteiger partial charge in [0.15, 0.2) is 0 Å². The minimum Gasteiger partial charge on any atom is -0.336 e. The highest BCUT2D eigenvalue weighted by atomic mass is 32.2. The summed E-state index contributed by atoms with van der Waals surface area (Å²) in [4.78, 5) is 24.9. The number of thioether (sulfide) groups is 1. The van der Waals surface area contributed by atoms with Crippen molar-refractivity contribution >= 4 is 23.7 Å². The maximum absolute atomic E-state index is 13.4. The summed E-state index contributed by atoms with van der Waals surface area (Å²) in [5, 5.41) is 2.07.